The van der Waals surface area contributed by atoms with Gasteiger partial charge in [0.2, 0.25) is 0 Å². The molecule has 0 radical (unpaired) electrons. The standard InChI is InChI=1S/C19H20N2O4/c22-18(23)12-15-13-21(10-11-25-15)19(24)16-8-4-5-9-17(16)20-14-6-2-1-3-7-14/h1-9,15,20H,10-13H2,(H,22,23)/t15-/m0/s1. The highest BCUT2D eigenvalue weighted by molar-refractivity contribution is 6.00. The molecular weight excluding hydrogens is 320 g/mol. The molecule has 0 bridgehead atoms. The van der Waals surface area contributed by atoms with Gasteiger partial charge >= 0.3 is 5.97 Å². The predicted molar refractivity (Wildman–Crippen MR) is 94.1 cm³/mol. The lowest BCUT2D eigenvalue weighted by atomic mass is 10.1. The second-order valence-electron chi connectivity index (χ2n) is 5.88. The molecule has 1 heterocycles. The van der Waals surface area contributed by atoms with Gasteiger partial charge in [0.25, 0.3) is 5.91 Å². The molecule has 3 rings (SSSR count). The van der Waals surface area contributed by atoms with E-state index in [9.17, 15) is 9.59 Å². The van der Waals surface area contributed by atoms with Crippen molar-refractivity contribution in [1.29, 1.82) is 0 Å². The summed E-state index contributed by atoms with van der Waals surface area (Å²) < 4.78 is 5.44. The van der Waals surface area contributed by atoms with Crippen molar-refractivity contribution in [2.24, 2.45) is 0 Å². The Bertz CT molecular complexity index is 748. The fourth-order valence-electron chi connectivity index (χ4n) is 2.85. The Morgan fingerprint density at radius 2 is 1.84 bits per heavy atom. The van der Waals surface area contributed by atoms with E-state index in [0.29, 0.717) is 18.7 Å². The van der Waals surface area contributed by atoms with Crippen molar-refractivity contribution < 1.29 is 19.4 Å². The summed E-state index contributed by atoms with van der Waals surface area (Å²) in [6, 6.07) is 16.9. The van der Waals surface area contributed by atoms with E-state index in [1.807, 2.05) is 48.5 Å². The van der Waals surface area contributed by atoms with Crippen LogP contribution in [-0.2, 0) is 9.53 Å². The molecule has 1 aliphatic heterocycles. The van der Waals surface area contributed by atoms with Crippen molar-refractivity contribution in [2.45, 2.75) is 12.5 Å². The summed E-state index contributed by atoms with van der Waals surface area (Å²) in [6.45, 7) is 1.08. The number of nitrogens with one attached hydrogen (secondary N) is 1. The van der Waals surface area contributed by atoms with Gasteiger partial charge in [0.05, 0.1) is 30.4 Å². The minimum atomic E-state index is -0.926. The van der Waals surface area contributed by atoms with Crippen LogP contribution >= 0.6 is 0 Å². The van der Waals surface area contributed by atoms with Gasteiger partial charge in [-0.2, -0.15) is 0 Å². The lowest BCUT2D eigenvalue weighted by molar-refractivity contribution is -0.141. The summed E-state index contributed by atoms with van der Waals surface area (Å²) in [4.78, 5) is 25.5. The van der Waals surface area contributed by atoms with E-state index in [1.165, 1.54) is 0 Å². The van der Waals surface area contributed by atoms with E-state index in [4.69, 9.17) is 9.84 Å². The monoisotopic (exact) mass is 340 g/mol. The molecule has 2 aromatic rings. The number of hydrogen-bond donors (Lipinski definition) is 2. The minimum absolute atomic E-state index is 0.103. The third kappa shape index (κ3) is 4.36. The molecule has 0 aliphatic carbocycles. The van der Waals surface area contributed by atoms with Gasteiger partial charge in [-0.3, -0.25) is 9.59 Å². The summed E-state index contributed by atoms with van der Waals surface area (Å²) in [5.74, 6) is -1.05. The average molecular weight is 340 g/mol. The van der Waals surface area contributed by atoms with Crippen molar-refractivity contribution in [2.75, 3.05) is 25.0 Å². The SMILES string of the molecule is O=C(O)C[C@H]1CN(C(=O)c2ccccc2Nc2ccccc2)CCO1. The van der Waals surface area contributed by atoms with Crippen molar-refractivity contribution in [3.05, 3.63) is 60.2 Å². The molecule has 1 saturated heterocycles. The number of benzene rings is 2. The maximum absolute atomic E-state index is 12.9. The minimum Gasteiger partial charge on any atom is -0.481 e. The Kier molecular flexibility index (Phi) is 5.30. The van der Waals surface area contributed by atoms with Crippen LogP contribution in [0.2, 0.25) is 0 Å². The summed E-state index contributed by atoms with van der Waals surface area (Å²) in [7, 11) is 0. The maximum atomic E-state index is 12.9. The van der Waals surface area contributed by atoms with E-state index in [0.717, 1.165) is 11.4 Å². The zero-order chi connectivity index (χ0) is 17.6. The van der Waals surface area contributed by atoms with Crippen LogP contribution in [0.4, 0.5) is 11.4 Å². The fourth-order valence-corrected chi connectivity index (χ4v) is 2.85. The van der Waals surface area contributed by atoms with Crippen LogP contribution in [0.3, 0.4) is 0 Å². The maximum Gasteiger partial charge on any atom is 0.306 e. The zero-order valence-electron chi connectivity index (χ0n) is 13.7. The predicted octanol–water partition coefficient (Wildman–Crippen LogP) is 2.75. The molecule has 0 saturated carbocycles. The largest absolute Gasteiger partial charge is 0.481 e. The number of nitrogens with zero attached hydrogens (tertiary/aromatic N) is 1. The number of carbonyl (C=O) groups is 2. The third-order valence-corrected chi connectivity index (χ3v) is 4.04. The molecule has 1 amide bonds. The van der Waals surface area contributed by atoms with Crippen LogP contribution in [0, 0.1) is 0 Å². The van der Waals surface area contributed by atoms with E-state index in [-0.39, 0.29) is 18.9 Å². The first-order valence-corrected chi connectivity index (χ1v) is 8.17. The number of hydrogen-bond acceptors (Lipinski definition) is 4. The van der Waals surface area contributed by atoms with Gasteiger partial charge in [0.15, 0.2) is 0 Å². The first-order valence-electron chi connectivity index (χ1n) is 8.17. The van der Waals surface area contributed by atoms with Crippen LogP contribution in [0.5, 0.6) is 0 Å². The molecule has 2 aromatic carbocycles. The highest BCUT2D eigenvalue weighted by Crippen LogP contribution is 2.23. The second-order valence-corrected chi connectivity index (χ2v) is 5.88. The normalized spacial score (nSPS) is 17.1. The Hall–Kier alpha value is -2.86. The fraction of sp³-hybridized carbons (Fsp3) is 0.263. The molecule has 1 atom stereocenters. The van der Waals surface area contributed by atoms with Crippen molar-refractivity contribution >= 4 is 23.3 Å². The van der Waals surface area contributed by atoms with E-state index >= 15 is 0 Å². The summed E-state index contributed by atoms with van der Waals surface area (Å²) in [5.41, 5.74) is 2.18. The number of carbonyl (C=O) groups excluding carboxylic acids is 1. The zero-order valence-corrected chi connectivity index (χ0v) is 13.7. The molecule has 2 N–H and O–H groups in total. The lowest BCUT2D eigenvalue weighted by Crippen LogP contribution is -2.46. The average Bonchev–Trinajstić information content (AvgIpc) is 2.62. The number of morpholine rings is 1. The van der Waals surface area contributed by atoms with Gasteiger partial charge in [-0.15, -0.1) is 0 Å². The molecule has 130 valence electrons. The van der Waals surface area contributed by atoms with Crippen LogP contribution in [-0.4, -0.2) is 47.7 Å². The molecule has 6 nitrogen and oxygen atoms in total. The van der Waals surface area contributed by atoms with E-state index < -0.39 is 12.1 Å². The molecule has 25 heavy (non-hydrogen) atoms. The number of amides is 1. The number of aliphatic carboxylic acids is 1. The Morgan fingerprint density at radius 1 is 1.12 bits per heavy atom. The van der Waals surface area contributed by atoms with Gasteiger partial charge in [0.1, 0.15) is 0 Å². The van der Waals surface area contributed by atoms with E-state index in [1.54, 1.807) is 11.0 Å². The van der Waals surface area contributed by atoms with E-state index in [2.05, 4.69) is 5.32 Å². The number of carboxylic acids is 1. The molecular formula is C19H20N2O4. The third-order valence-electron chi connectivity index (χ3n) is 4.04. The number of para-hydroxylation sites is 2. The number of ether oxygens (including phenoxy) is 1. The number of rotatable bonds is 5. The first kappa shape index (κ1) is 17.0. The van der Waals surface area contributed by atoms with Gasteiger partial charge in [-0.1, -0.05) is 30.3 Å². The van der Waals surface area contributed by atoms with Gasteiger partial charge < -0.3 is 20.1 Å². The van der Waals surface area contributed by atoms with Gasteiger partial charge in [-0.05, 0) is 24.3 Å². The molecule has 6 heteroatoms. The molecule has 0 aromatic heterocycles. The summed E-state index contributed by atoms with van der Waals surface area (Å²) >= 11 is 0. The van der Waals surface area contributed by atoms with Crippen LogP contribution in [0.25, 0.3) is 0 Å². The highest BCUT2D eigenvalue weighted by Gasteiger charge is 2.27. The lowest BCUT2D eigenvalue weighted by Gasteiger charge is -2.32. The Morgan fingerprint density at radius 3 is 2.60 bits per heavy atom. The second kappa shape index (κ2) is 7.81. The Balaban J connectivity index is 1.77. The molecule has 1 aliphatic rings. The van der Waals surface area contributed by atoms with Gasteiger partial charge in [-0.25, -0.2) is 0 Å². The molecule has 1 fully saturated rings. The summed E-state index contributed by atoms with van der Waals surface area (Å²) in [5, 5.41) is 12.2. The van der Waals surface area contributed by atoms with Crippen molar-refractivity contribution in [1.82, 2.24) is 4.90 Å². The van der Waals surface area contributed by atoms with Crippen molar-refractivity contribution in [3.63, 3.8) is 0 Å². The first-order chi connectivity index (χ1) is 12.1. The van der Waals surface area contributed by atoms with Gasteiger partial charge in [0, 0.05) is 18.8 Å². The van der Waals surface area contributed by atoms with Crippen LogP contribution in [0.1, 0.15) is 16.8 Å². The van der Waals surface area contributed by atoms with Crippen molar-refractivity contribution in [3.8, 4) is 0 Å². The quantitative estimate of drug-likeness (QED) is 0.875. The highest BCUT2D eigenvalue weighted by atomic mass is 16.5. The number of carboxylic acid groups (broad SMARTS) is 1. The molecule has 0 spiro atoms. The van der Waals surface area contributed by atoms with Crippen LogP contribution in [0.15, 0.2) is 54.6 Å². The topological polar surface area (TPSA) is 78.9 Å². The Labute approximate surface area is 146 Å². The smallest absolute Gasteiger partial charge is 0.306 e. The van der Waals surface area contributed by atoms with Crippen LogP contribution < -0.4 is 5.32 Å². The summed E-state index contributed by atoms with van der Waals surface area (Å²) in [6.07, 6.45) is -0.572. The number of anilines is 2. The molecule has 0 unspecified atom stereocenters.